The molecule has 0 spiro atoms. The molecular weight excluding hydrogens is 620 g/mol. The summed E-state index contributed by atoms with van der Waals surface area (Å²) in [4.78, 5) is 13.8. The summed E-state index contributed by atoms with van der Waals surface area (Å²) in [5.41, 5.74) is -0.998. The molecule has 0 radical (unpaired) electrons. The Bertz CT molecular complexity index is 1630. The number of aromatic nitrogens is 1. The number of pyridine rings is 1. The molecule has 0 fully saturated rings. The van der Waals surface area contributed by atoms with Crippen LogP contribution < -0.4 is 13.8 Å². The van der Waals surface area contributed by atoms with E-state index in [4.69, 9.17) is 26.2 Å². The number of carbonyl (C=O) groups is 1. The fraction of sp³-hybridized carbons (Fsp3) is 0.286. The standard InChI is InChI=1S/C28H25ClF4N2O7S/c1-16(36)15-41-27-25(12-18(13-34-27)28(31,32)33)43(39,40)35-14-19(7-10-26(37)38)42-24-9-6-17(11-23(24)35)5-8-20-21(29)3-2-4-22(20)30/h2-6,8-9,11-13,16,19,36H,7,10,14-15H2,1H3,(H,37,38)/b8-5+/t16-,19-/m0/s1. The molecule has 2 aromatic carbocycles. The zero-order valence-corrected chi connectivity index (χ0v) is 24.0. The van der Waals surface area contributed by atoms with E-state index < -0.39 is 69.7 Å². The number of sulfonamides is 1. The molecule has 2 N–H and O–H groups in total. The number of carboxylic acid groups (broad SMARTS) is 1. The largest absolute Gasteiger partial charge is 0.486 e. The highest BCUT2D eigenvalue weighted by Crippen LogP contribution is 2.41. The van der Waals surface area contributed by atoms with Crippen LogP contribution in [0.4, 0.5) is 23.2 Å². The Labute approximate surface area is 249 Å². The van der Waals surface area contributed by atoms with Crippen molar-refractivity contribution in [2.24, 2.45) is 0 Å². The molecular formula is C28H25ClF4N2O7S. The number of ether oxygens (including phenoxy) is 2. The van der Waals surface area contributed by atoms with Gasteiger partial charge in [-0.05, 0) is 55.3 Å². The van der Waals surface area contributed by atoms with Crippen molar-refractivity contribution in [2.45, 2.75) is 43.0 Å². The van der Waals surface area contributed by atoms with Crippen LogP contribution in [0.25, 0.3) is 12.2 Å². The van der Waals surface area contributed by atoms with Gasteiger partial charge in [-0.2, -0.15) is 13.2 Å². The van der Waals surface area contributed by atoms with E-state index in [0.29, 0.717) is 17.8 Å². The van der Waals surface area contributed by atoms with Gasteiger partial charge in [-0.1, -0.05) is 29.8 Å². The van der Waals surface area contributed by atoms with Crippen LogP contribution in [0.2, 0.25) is 5.02 Å². The van der Waals surface area contributed by atoms with Gasteiger partial charge in [0.2, 0.25) is 5.88 Å². The average molecular weight is 645 g/mol. The molecule has 1 aliphatic heterocycles. The highest BCUT2D eigenvalue weighted by atomic mass is 35.5. The number of hydrogen-bond acceptors (Lipinski definition) is 7. The first-order chi connectivity index (χ1) is 20.2. The molecule has 0 aliphatic carbocycles. The van der Waals surface area contributed by atoms with Crippen molar-refractivity contribution in [1.82, 2.24) is 4.98 Å². The van der Waals surface area contributed by atoms with Crippen molar-refractivity contribution in [1.29, 1.82) is 0 Å². The Morgan fingerprint density at radius 3 is 2.65 bits per heavy atom. The number of alkyl halides is 3. The van der Waals surface area contributed by atoms with Gasteiger partial charge in [0.1, 0.15) is 24.3 Å². The Kier molecular flexibility index (Phi) is 9.52. The number of aliphatic carboxylic acids is 1. The van der Waals surface area contributed by atoms with Crippen molar-refractivity contribution >= 4 is 45.4 Å². The maximum atomic E-state index is 14.3. The molecule has 1 aromatic heterocycles. The predicted octanol–water partition coefficient (Wildman–Crippen LogP) is 5.64. The maximum absolute atomic E-state index is 14.3. The summed E-state index contributed by atoms with van der Waals surface area (Å²) in [6, 6.07) is 8.79. The Hall–Kier alpha value is -3.88. The molecule has 0 bridgehead atoms. The Morgan fingerprint density at radius 2 is 2.00 bits per heavy atom. The van der Waals surface area contributed by atoms with Crippen LogP contribution >= 0.6 is 11.6 Å². The number of rotatable bonds is 10. The number of anilines is 1. The maximum Gasteiger partial charge on any atom is 0.417 e. The van der Waals surface area contributed by atoms with E-state index in [9.17, 15) is 35.9 Å². The molecule has 230 valence electrons. The van der Waals surface area contributed by atoms with Crippen LogP contribution in [0.3, 0.4) is 0 Å². The second kappa shape index (κ2) is 12.8. The molecule has 0 amide bonds. The van der Waals surface area contributed by atoms with E-state index in [1.807, 2.05) is 0 Å². The Morgan fingerprint density at radius 1 is 1.26 bits per heavy atom. The normalized spacial score (nSPS) is 16.1. The van der Waals surface area contributed by atoms with Crippen molar-refractivity contribution in [3.63, 3.8) is 0 Å². The van der Waals surface area contributed by atoms with Crippen LogP contribution in [0.1, 0.15) is 36.5 Å². The van der Waals surface area contributed by atoms with E-state index in [1.165, 1.54) is 55.5 Å². The molecule has 9 nitrogen and oxygen atoms in total. The quantitative estimate of drug-likeness (QED) is 0.214. The van der Waals surface area contributed by atoms with Crippen LogP contribution in [0.15, 0.2) is 53.6 Å². The molecule has 0 saturated carbocycles. The first kappa shape index (κ1) is 32.0. The smallest absolute Gasteiger partial charge is 0.417 e. The van der Waals surface area contributed by atoms with Crippen molar-refractivity contribution < 1.29 is 50.5 Å². The third-order valence-electron chi connectivity index (χ3n) is 6.21. The van der Waals surface area contributed by atoms with Crippen LogP contribution in [0, 0.1) is 5.82 Å². The lowest BCUT2D eigenvalue weighted by Crippen LogP contribution is -2.44. The van der Waals surface area contributed by atoms with Gasteiger partial charge >= 0.3 is 12.1 Å². The molecule has 1 aliphatic rings. The summed E-state index contributed by atoms with van der Waals surface area (Å²) in [5, 5.41) is 18.9. The lowest BCUT2D eigenvalue weighted by molar-refractivity contribution is -0.138. The molecule has 15 heteroatoms. The van der Waals surface area contributed by atoms with Gasteiger partial charge in [0, 0.05) is 18.2 Å². The Balaban J connectivity index is 1.83. The molecule has 43 heavy (non-hydrogen) atoms. The fourth-order valence-electron chi connectivity index (χ4n) is 4.14. The van der Waals surface area contributed by atoms with E-state index >= 15 is 0 Å². The number of fused-ring (bicyclic) bond motifs is 1. The van der Waals surface area contributed by atoms with Gasteiger partial charge in [0.05, 0.1) is 28.9 Å². The summed E-state index contributed by atoms with van der Waals surface area (Å²) >= 11 is 6.08. The summed E-state index contributed by atoms with van der Waals surface area (Å²) in [5.74, 6) is -2.42. The van der Waals surface area contributed by atoms with Crippen molar-refractivity contribution in [3.8, 4) is 11.6 Å². The van der Waals surface area contributed by atoms with Gasteiger partial charge in [0.15, 0.2) is 4.90 Å². The average Bonchev–Trinajstić information content (AvgIpc) is 2.93. The number of halogens is 5. The predicted molar refractivity (Wildman–Crippen MR) is 149 cm³/mol. The second-order valence-electron chi connectivity index (χ2n) is 9.59. The monoisotopic (exact) mass is 644 g/mol. The van der Waals surface area contributed by atoms with Crippen molar-refractivity contribution in [2.75, 3.05) is 17.5 Å². The van der Waals surface area contributed by atoms with Gasteiger partial charge < -0.3 is 19.7 Å². The van der Waals surface area contributed by atoms with Crippen molar-refractivity contribution in [3.05, 3.63) is 76.2 Å². The minimum Gasteiger partial charge on any atom is -0.486 e. The zero-order chi connectivity index (χ0) is 31.5. The fourth-order valence-corrected chi connectivity index (χ4v) is 5.98. The molecule has 0 saturated heterocycles. The first-order valence-electron chi connectivity index (χ1n) is 12.7. The number of aliphatic hydroxyl groups excluding tert-OH is 1. The van der Waals surface area contributed by atoms with Crippen LogP contribution in [0.5, 0.6) is 11.6 Å². The summed E-state index contributed by atoms with van der Waals surface area (Å²) in [7, 11) is -4.87. The topological polar surface area (TPSA) is 126 Å². The number of hydrogen-bond donors (Lipinski definition) is 2. The summed E-state index contributed by atoms with van der Waals surface area (Å²) < 4.78 is 95.2. The first-order valence-corrected chi connectivity index (χ1v) is 14.5. The van der Waals surface area contributed by atoms with Gasteiger partial charge in [-0.25, -0.2) is 17.8 Å². The second-order valence-corrected chi connectivity index (χ2v) is 11.8. The van der Waals surface area contributed by atoms with E-state index in [1.54, 1.807) is 0 Å². The van der Waals surface area contributed by atoms with Gasteiger partial charge in [-0.15, -0.1) is 0 Å². The molecule has 2 atom stereocenters. The molecule has 2 heterocycles. The molecule has 0 unspecified atom stereocenters. The summed E-state index contributed by atoms with van der Waals surface area (Å²) in [6.45, 7) is 0.406. The molecule has 3 aromatic rings. The number of aliphatic hydroxyl groups is 1. The van der Waals surface area contributed by atoms with E-state index in [0.717, 1.165) is 4.31 Å². The lowest BCUT2D eigenvalue weighted by Gasteiger charge is -2.36. The minimum absolute atomic E-state index is 0.0117. The van der Waals surface area contributed by atoms with Gasteiger partial charge in [-0.3, -0.25) is 9.10 Å². The lowest BCUT2D eigenvalue weighted by atomic mass is 10.1. The summed E-state index contributed by atoms with van der Waals surface area (Å²) in [6.07, 6.45) is -4.26. The third kappa shape index (κ3) is 7.56. The van der Waals surface area contributed by atoms with Gasteiger partial charge in [0.25, 0.3) is 10.0 Å². The SMILES string of the molecule is C[C@H](O)COc1ncc(C(F)(F)F)cc1S(=O)(=O)N1C[C@H](CCC(=O)O)Oc2ccc(/C=C/c3c(F)cccc3Cl)cc21. The highest BCUT2D eigenvalue weighted by molar-refractivity contribution is 7.93. The highest BCUT2D eigenvalue weighted by Gasteiger charge is 2.39. The van der Waals surface area contributed by atoms with E-state index in [-0.39, 0.29) is 34.9 Å². The zero-order valence-electron chi connectivity index (χ0n) is 22.4. The number of benzene rings is 2. The van der Waals surface area contributed by atoms with E-state index in [2.05, 4.69) is 4.98 Å². The molecule has 4 rings (SSSR count). The third-order valence-corrected chi connectivity index (χ3v) is 8.32. The number of nitrogens with zero attached hydrogens (tertiary/aromatic N) is 2. The minimum atomic E-state index is -4.95. The van der Waals surface area contributed by atoms with Crippen LogP contribution in [-0.4, -0.2) is 54.9 Å². The van der Waals surface area contributed by atoms with Crippen LogP contribution in [-0.2, 0) is 21.0 Å². The number of carboxylic acids is 1.